The van der Waals surface area contributed by atoms with Gasteiger partial charge in [0, 0.05) is 9.77 Å². The summed E-state index contributed by atoms with van der Waals surface area (Å²) in [6.07, 6.45) is 2.44. The van der Waals surface area contributed by atoms with Gasteiger partial charge in [0.25, 0.3) is 5.56 Å². The van der Waals surface area contributed by atoms with Gasteiger partial charge in [-0.15, -0.1) is 0 Å². The Hall–Kier alpha value is -2.92. The highest BCUT2D eigenvalue weighted by atomic mass is 127. The SMILES string of the molecule is O=C(O)c1cnn(-c2nc3ccc(Oc4cccc(I)c4Cl)cc3c(=O)[nH]2)c1. The number of ether oxygens (including phenoxy) is 1. The number of H-pyrrole nitrogens is 1. The number of hydrogen-bond acceptors (Lipinski definition) is 5. The topological polar surface area (TPSA) is 110 Å². The van der Waals surface area contributed by atoms with Crippen LogP contribution in [0.4, 0.5) is 0 Å². The second kappa shape index (κ2) is 7.24. The fraction of sp³-hybridized carbons (Fsp3) is 0. The summed E-state index contributed by atoms with van der Waals surface area (Å²) in [5.41, 5.74) is -0.0142. The molecule has 28 heavy (non-hydrogen) atoms. The maximum absolute atomic E-state index is 12.5. The van der Waals surface area contributed by atoms with Crippen LogP contribution in [0.5, 0.6) is 11.5 Å². The van der Waals surface area contributed by atoms with Crippen molar-refractivity contribution in [3.63, 3.8) is 0 Å². The largest absolute Gasteiger partial charge is 0.478 e. The monoisotopic (exact) mass is 508 g/mol. The van der Waals surface area contributed by atoms with Crippen molar-refractivity contribution >= 4 is 51.1 Å². The molecule has 0 atom stereocenters. The molecule has 2 heterocycles. The van der Waals surface area contributed by atoms with Crippen molar-refractivity contribution in [2.24, 2.45) is 0 Å². The van der Waals surface area contributed by atoms with Crippen LogP contribution in [0.25, 0.3) is 16.9 Å². The van der Waals surface area contributed by atoms with Gasteiger partial charge in [-0.1, -0.05) is 17.7 Å². The minimum atomic E-state index is -1.12. The van der Waals surface area contributed by atoms with E-state index >= 15 is 0 Å². The molecule has 8 nitrogen and oxygen atoms in total. The van der Waals surface area contributed by atoms with E-state index in [0.29, 0.717) is 27.4 Å². The molecule has 0 saturated heterocycles. The van der Waals surface area contributed by atoms with Crippen LogP contribution in [-0.4, -0.2) is 30.8 Å². The van der Waals surface area contributed by atoms with Crippen LogP contribution in [0.15, 0.2) is 53.6 Å². The molecule has 0 fully saturated rings. The molecule has 0 aliphatic carbocycles. The van der Waals surface area contributed by atoms with Crippen LogP contribution in [-0.2, 0) is 0 Å². The molecule has 0 spiro atoms. The Kier molecular flexibility index (Phi) is 4.77. The van der Waals surface area contributed by atoms with Crippen LogP contribution in [0.1, 0.15) is 10.4 Å². The molecular weight excluding hydrogens is 499 g/mol. The molecule has 2 aromatic heterocycles. The average molecular weight is 509 g/mol. The Morgan fingerprint density at radius 3 is 2.86 bits per heavy atom. The molecule has 4 rings (SSSR count). The Labute approximate surface area is 175 Å². The fourth-order valence-electron chi connectivity index (χ4n) is 2.52. The molecule has 2 aromatic carbocycles. The second-order valence-electron chi connectivity index (χ2n) is 5.70. The number of carboxylic acids is 1. The van der Waals surface area contributed by atoms with Crippen LogP contribution in [0.2, 0.25) is 5.02 Å². The first-order chi connectivity index (χ1) is 13.4. The van der Waals surface area contributed by atoms with E-state index in [-0.39, 0.29) is 11.5 Å². The number of aromatic amines is 1. The lowest BCUT2D eigenvalue weighted by molar-refractivity contribution is 0.0697. The Morgan fingerprint density at radius 2 is 2.11 bits per heavy atom. The maximum Gasteiger partial charge on any atom is 0.338 e. The molecule has 0 aliphatic heterocycles. The minimum absolute atomic E-state index is 0.0131. The van der Waals surface area contributed by atoms with Gasteiger partial charge in [-0.3, -0.25) is 9.78 Å². The summed E-state index contributed by atoms with van der Waals surface area (Å²) in [6, 6.07) is 10.3. The number of nitrogens with zero attached hydrogens (tertiary/aromatic N) is 3. The van der Waals surface area contributed by atoms with Crippen LogP contribution < -0.4 is 10.3 Å². The molecule has 0 unspecified atom stereocenters. The van der Waals surface area contributed by atoms with Crippen molar-refractivity contribution in [1.29, 1.82) is 0 Å². The smallest absolute Gasteiger partial charge is 0.338 e. The fourth-order valence-corrected chi connectivity index (χ4v) is 3.15. The predicted octanol–water partition coefficient (Wildman–Crippen LogP) is 3.86. The molecule has 10 heteroatoms. The lowest BCUT2D eigenvalue weighted by atomic mass is 10.2. The van der Waals surface area contributed by atoms with Crippen molar-refractivity contribution < 1.29 is 14.6 Å². The lowest BCUT2D eigenvalue weighted by Gasteiger charge is -2.09. The number of nitrogens with one attached hydrogen (secondary N) is 1. The van der Waals surface area contributed by atoms with E-state index in [1.54, 1.807) is 24.3 Å². The number of rotatable bonds is 4. The normalized spacial score (nSPS) is 10.9. The third kappa shape index (κ3) is 3.45. The molecule has 140 valence electrons. The molecule has 0 radical (unpaired) electrons. The number of fused-ring (bicyclic) bond motifs is 1. The zero-order chi connectivity index (χ0) is 19.8. The highest BCUT2D eigenvalue weighted by Crippen LogP contribution is 2.33. The van der Waals surface area contributed by atoms with Crippen LogP contribution in [0.3, 0.4) is 0 Å². The van der Waals surface area contributed by atoms with Gasteiger partial charge in [0.1, 0.15) is 11.5 Å². The van der Waals surface area contributed by atoms with E-state index in [1.165, 1.54) is 17.1 Å². The summed E-state index contributed by atoms with van der Waals surface area (Å²) >= 11 is 8.35. The Morgan fingerprint density at radius 1 is 1.29 bits per heavy atom. The van der Waals surface area contributed by atoms with E-state index in [1.807, 2.05) is 12.1 Å². The number of carboxylic acid groups (broad SMARTS) is 1. The summed E-state index contributed by atoms with van der Waals surface area (Å²) < 4.78 is 7.84. The first-order valence-electron chi connectivity index (χ1n) is 7.86. The number of hydrogen-bond donors (Lipinski definition) is 2. The third-order valence-electron chi connectivity index (χ3n) is 3.85. The number of aromatic nitrogens is 4. The Balaban J connectivity index is 1.72. The molecule has 0 amide bonds. The highest BCUT2D eigenvalue weighted by Gasteiger charge is 2.12. The van der Waals surface area contributed by atoms with E-state index in [4.69, 9.17) is 21.4 Å². The van der Waals surface area contributed by atoms with E-state index in [9.17, 15) is 9.59 Å². The van der Waals surface area contributed by atoms with Crippen LogP contribution in [0, 0.1) is 3.57 Å². The summed E-state index contributed by atoms with van der Waals surface area (Å²) in [7, 11) is 0. The first-order valence-corrected chi connectivity index (χ1v) is 9.32. The lowest BCUT2D eigenvalue weighted by Crippen LogP contribution is -2.14. The van der Waals surface area contributed by atoms with Gasteiger partial charge in [-0.05, 0) is 52.9 Å². The quantitative estimate of drug-likeness (QED) is 0.405. The summed E-state index contributed by atoms with van der Waals surface area (Å²) in [4.78, 5) is 30.4. The first kappa shape index (κ1) is 18.4. The van der Waals surface area contributed by atoms with Crippen molar-refractivity contribution in [1.82, 2.24) is 19.7 Å². The highest BCUT2D eigenvalue weighted by molar-refractivity contribution is 14.1. The molecule has 0 aliphatic rings. The molecule has 0 saturated carbocycles. The molecule has 0 bridgehead atoms. The van der Waals surface area contributed by atoms with Crippen LogP contribution >= 0.6 is 34.2 Å². The average Bonchev–Trinajstić information content (AvgIpc) is 3.16. The van der Waals surface area contributed by atoms with Crippen molar-refractivity contribution in [2.75, 3.05) is 0 Å². The van der Waals surface area contributed by atoms with E-state index < -0.39 is 11.5 Å². The number of carbonyl (C=O) groups is 1. The van der Waals surface area contributed by atoms with Crippen molar-refractivity contribution in [3.05, 3.63) is 73.3 Å². The summed E-state index contributed by atoms with van der Waals surface area (Å²) in [5.74, 6) is -0.0971. The minimum Gasteiger partial charge on any atom is -0.478 e. The number of halogens is 2. The van der Waals surface area contributed by atoms with Gasteiger partial charge in [-0.25, -0.2) is 14.5 Å². The third-order valence-corrected chi connectivity index (χ3v) is 5.46. The standard InChI is InChI=1S/C18H10ClIN4O4/c19-15-12(20)2-1-3-14(15)28-10-4-5-13-11(6-10)16(25)23-18(22-13)24-8-9(7-21-24)17(26)27/h1-8H,(H,26,27)(H,22,23,25). The van der Waals surface area contributed by atoms with Gasteiger partial charge in [0.05, 0.1) is 27.7 Å². The zero-order valence-electron chi connectivity index (χ0n) is 13.9. The van der Waals surface area contributed by atoms with Gasteiger partial charge < -0.3 is 9.84 Å². The summed E-state index contributed by atoms with van der Waals surface area (Å²) in [5, 5.41) is 13.7. The maximum atomic E-state index is 12.5. The van der Waals surface area contributed by atoms with Crippen molar-refractivity contribution in [2.45, 2.75) is 0 Å². The molecular formula is C18H10ClIN4O4. The van der Waals surface area contributed by atoms with Crippen molar-refractivity contribution in [3.8, 4) is 17.4 Å². The molecule has 2 N–H and O–H groups in total. The zero-order valence-corrected chi connectivity index (χ0v) is 16.8. The number of aromatic carboxylic acids is 1. The summed E-state index contributed by atoms with van der Waals surface area (Å²) in [6.45, 7) is 0. The predicted molar refractivity (Wildman–Crippen MR) is 111 cm³/mol. The van der Waals surface area contributed by atoms with Gasteiger partial charge in [0.2, 0.25) is 5.95 Å². The number of benzene rings is 2. The van der Waals surface area contributed by atoms with E-state index in [2.05, 4.69) is 37.7 Å². The van der Waals surface area contributed by atoms with Gasteiger partial charge in [0.15, 0.2) is 0 Å². The van der Waals surface area contributed by atoms with E-state index in [0.717, 1.165) is 3.57 Å². The Bertz CT molecular complexity index is 1280. The molecule has 4 aromatic rings. The van der Waals surface area contributed by atoms with Gasteiger partial charge in [-0.2, -0.15) is 5.10 Å². The second-order valence-corrected chi connectivity index (χ2v) is 7.24. The van der Waals surface area contributed by atoms with Gasteiger partial charge >= 0.3 is 5.97 Å².